The molecule has 1 aliphatic heterocycles. The molecule has 134 valence electrons. The maximum atomic E-state index is 11.7. The van der Waals surface area contributed by atoms with Gasteiger partial charge in [0.2, 0.25) is 17.7 Å². The van der Waals surface area contributed by atoms with Crippen molar-refractivity contribution in [2.75, 3.05) is 25.4 Å². The number of carbonyl (C=O) groups excluding carboxylic acids is 2. The summed E-state index contributed by atoms with van der Waals surface area (Å²) in [5, 5.41) is 13.6. The molecule has 9 heteroatoms. The highest BCUT2D eigenvalue weighted by Crippen LogP contribution is 2.18. The lowest BCUT2D eigenvalue weighted by Crippen LogP contribution is -2.40. The summed E-state index contributed by atoms with van der Waals surface area (Å²) in [7, 11) is 0. The molecule has 8 nitrogen and oxygen atoms in total. The van der Waals surface area contributed by atoms with Crippen LogP contribution in [0, 0.1) is 0 Å². The Labute approximate surface area is 146 Å². The molecule has 2 amide bonds. The number of hydrogen-bond acceptors (Lipinski definition) is 7. The first kappa shape index (κ1) is 18.7. The van der Waals surface area contributed by atoms with Crippen LogP contribution in [0.4, 0.5) is 0 Å². The van der Waals surface area contributed by atoms with E-state index in [2.05, 4.69) is 25.7 Å². The van der Waals surface area contributed by atoms with Crippen molar-refractivity contribution in [3.63, 3.8) is 0 Å². The molecule has 2 rings (SSSR count). The molecule has 2 heterocycles. The van der Waals surface area contributed by atoms with Gasteiger partial charge in [-0.2, -0.15) is 0 Å². The van der Waals surface area contributed by atoms with Crippen molar-refractivity contribution >= 4 is 23.6 Å². The van der Waals surface area contributed by atoms with Crippen molar-refractivity contribution < 1.29 is 14.0 Å². The third-order valence-corrected chi connectivity index (χ3v) is 4.30. The standard InChI is InChI=1S/C15H25N5O3S/c1-11(2)17-12(21)8-16-13(22)10-24-15-19-18-14(23-15)9-20-6-4-3-5-7-20/h11H,3-10H2,1-2H3,(H,16,22)(H,17,21). The van der Waals surface area contributed by atoms with Gasteiger partial charge in [-0.15, -0.1) is 10.2 Å². The Bertz CT molecular complexity index is 543. The Balaban J connectivity index is 1.66. The molecule has 1 aromatic heterocycles. The minimum atomic E-state index is -0.241. The van der Waals surface area contributed by atoms with Crippen LogP contribution in [0.15, 0.2) is 9.64 Å². The van der Waals surface area contributed by atoms with Crippen LogP contribution in [0.3, 0.4) is 0 Å². The molecule has 0 atom stereocenters. The maximum absolute atomic E-state index is 11.7. The first-order valence-corrected chi connectivity index (χ1v) is 9.25. The highest BCUT2D eigenvalue weighted by atomic mass is 32.2. The zero-order chi connectivity index (χ0) is 17.4. The predicted octanol–water partition coefficient (Wildman–Crippen LogP) is 0.788. The van der Waals surface area contributed by atoms with E-state index in [1.54, 1.807) is 0 Å². The van der Waals surface area contributed by atoms with Gasteiger partial charge in [-0.05, 0) is 39.8 Å². The van der Waals surface area contributed by atoms with Gasteiger partial charge in [0, 0.05) is 6.04 Å². The second-order valence-corrected chi connectivity index (χ2v) is 7.01. The van der Waals surface area contributed by atoms with Crippen LogP contribution >= 0.6 is 11.8 Å². The van der Waals surface area contributed by atoms with Crippen LogP contribution in [0.1, 0.15) is 39.0 Å². The molecule has 1 fully saturated rings. The van der Waals surface area contributed by atoms with E-state index >= 15 is 0 Å². The highest BCUT2D eigenvalue weighted by molar-refractivity contribution is 7.99. The van der Waals surface area contributed by atoms with Crippen molar-refractivity contribution in [3.8, 4) is 0 Å². The summed E-state index contributed by atoms with van der Waals surface area (Å²) in [4.78, 5) is 25.5. The number of nitrogens with one attached hydrogen (secondary N) is 2. The maximum Gasteiger partial charge on any atom is 0.277 e. The van der Waals surface area contributed by atoms with E-state index in [0.717, 1.165) is 13.1 Å². The number of rotatable bonds is 8. The Morgan fingerprint density at radius 3 is 2.67 bits per heavy atom. The normalized spacial score (nSPS) is 15.5. The van der Waals surface area contributed by atoms with Gasteiger partial charge in [-0.3, -0.25) is 14.5 Å². The predicted molar refractivity (Wildman–Crippen MR) is 90.4 cm³/mol. The lowest BCUT2D eigenvalue weighted by molar-refractivity contribution is -0.125. The monoisotopic (exact) mass is 355 g/mol. The fourth-order valence-corrected chi connectivity index (χ4v) is 3.01. The quantitative estimate of drug-likeness (QED) is 0.665. The van der Waals surface area contributed by atoms with E-state index in [1.165, 1.54) is 31.0 Å². The van der Waals surface area contributed by atoms with Gasteiger partial charge in [0.15, 0.2) is 0 Å². The Kier molecular flexibility index (Phi) is 7.51. The van der Waals surface area contributed by atoms with Gasteiger partial charge in [-0.25, -0.2) is 0 Å². The topological polar surface area (TPSA) is 100 Å². The molecule has 0 saturated carbocycles. The number of carbonyl (C=O) groups is 2. The van der Waals surface area contributed by atoms with Crippen molar-refractivity contribution in [2.24, 2.45) is 0 Å². The van der Waals surface area contributed by atoms with Crippen molar-refractivity contribution in [3.05, 3.63) is 5.89 Å². The van der Waals surface area contributed by atoms with Crippen LogP contribution in [0.2, 0.25) is 0 Å². The van der Waals surface area contributed by atoms with Gasteiger partial charge in [0.05, 0.1) is 18.8 Å². The number of amides is 2. The largest absolute Gasteiger partial charge is 0.415 e. The zero-order valence-corrected chi connectivity index (χ0v) is 15.0. The second-order valence-electron chi connectivity index (χ2n) is 6.09. The number of piperidine rings is 1. The lowest BCUT2D eigenvalue weighted by atomic mass is 10.1. The molecule has 0 bridgehead atoms. The first-order chi connectivity index (χ1) is 11.5. The molecular formula is C15H25N5O3S. The van der Waals surface area contributed by atoms with Gasteiger partial charge in [0.1, 0.15) is 0 Å². The van der Waals surface area contributed by atoms with E-state index in [4.69, 9.17) is 4.42 Å². The third kappa shape index (κ3) is 6.88. The average molecular weight is 355 g/mol. The smallest absolute Gasteiger partial charge is 0.277 e. The molecular weight excluding hydrogens is 330 g/mol. The molecule has 1 aliphatic rings. The molecule has 0 radical (unpaired) electrons. The fraction of sp³-hybridized carbons (Fsp3) is 0.733. The lowest BCUT2D eigenvalue weighted by Gasteiger charge is -2.24. The number of thioether (sulfide) groups is 1. The summed E-state index contributed by atoms with van der Waals surface area (Å²) < 4.78 is 5.55. The van der Waals surface area contributed by atoms with Gasteiger partial charge in [0.25, 0.3) is 5.22 Å². The molecule has 0 unspecified atom stereocenters. The van der Waals surface area contributed by atoms with Gasteiger partial charge >= 0.3 is 0 Å². The van der Waals surface area contributed by atoms with Gasteiger partial charge in [-0.1, -0.05) is 18.2 Å². The van der Waals surface area contributed by atoms with E-state index in [0.29, 0.717) is 17.7 Å². The minimum Gasteiger partial charge on any atom is -0.415 e. The summed E-state index contributed by atoms with van der Waals surface area (Å²) in [5.74, 6) is 0.274. The zero-order valence-electron chi connectivity index (χ0n) is 14.2. The SMILES string of the molecule is CC(C)NC(=O)CNC(=O)CSc1nnc(CN2CCCCC2)o1. The van der Waals surface area contributed by atoms with Crippen molar-refractivity contribution in [2.45, 2.75) is 50.9 Å². The first-order valence-electron chi connectivity index (χ1n) is 8.26. The number of aromatic nitrogens is 2. The minimum absolute atomic E-state index is 0.0262. The number of hydrogen-bond donors (Lipinski definition) is 2. The molecule has 0 aromatic carbocycles. The molecule has 2 N–H and O–H groups in total. The second kappa shape index (κ2) is 9.63. The van der Waals surface area contributed by atoms with E-state index < -0.39 is 0 Å². The Hall–Kier alpha value is -1.61. The van der Waals surface area contributed by atoms with Crippen LogP contribution < -0.4 is 10.6 Å². The summed E-state index contributed by atoms with van der Waals surface area (Å²) in [6.07, 6.45) is 3.70. The molecule has 0 aliphatic carbocycles. The summed E-state index contributed by atoms with van der Waals surface area (Å²) in [6, 6.07) is 0.0560. The van der Waals surface area contributed by atoms with Crippen molar-refractivity contribution in [1.29, 1.82) is 0 Å². The Morgan fingerprint density at radius 2 is 1.96 bits per heavy atom. The van der Waals surface area contributed by atoms with Crippen LogP contribution in [0.25, 0.3) is 0 Å². The molecule has 0 spiro atoms. The fourth-order valence-electron chi connectivity index (χ4n) is 2.40. The van der Waals surface area contributed by atoms with Crippen LogP contribution in [0.5, 0.6) is 0 Å². The molecule has 1 saturated heterocycles. The summed E-state index contributed by atoms with van der Waals surface area (Å²) in [5.41, 5.74) is 0. The third-order valence-electron chi connectivity index (χ3n) is 3.48. The van der Waals surface area contributed by atoms with Crippen LogP contribution in [-0.4, -0.2) is 58.3 Å². The van der Waals surface area contributed by atoms with E-state index in [-0.39, 0.29) is 30.2 Å². The van der Waals surface area contributed by atoms with Crippen molar-refractivity contribution in [1.82, 2.24) is 25.7 Å². The molecule has 1 aromatic rings. The van der Waals surface area contributed by atoms with E-state index in [9.17, 15) is 9.59 Å². The van der Waals surface area contributed by atoms with Gasteiger partial charge < -0.3 is 15.1 Å². The van der Waals surface area contributed by atoms with E-state index in [1.807, 2.05) is 13.8 Å². The summed E-state index contributed by atoms with van der Waals surface area (Å²) >= 11 is 1.17. The number of likely N-dealkylation sites (tertiary alicyclic amines) is 1. The number of nitrogens with zero attached hydrogens (tertiary/aromatic N) is 3. The summed E-state index contributed by atoms with van der Waals surface area (Å²) in [6.45, 7) is 6.49. The highest BCUT2D eigenvalue weighted by Gasteiger charge is 2.15. The average Bonchev–Trinajstić information content (AvgIpc) is 2.99. The molecule has 24 heavy (non-hydrogen) atoms. The Morgan fingerprint density at radius 1 is 1.21 bits per heavy atom. The van der Waals surface area contributed by atoms with Crippen LogP contribution in [-0.2, 0) is 16.1 Å².